The molecule has 0 aliphatic carbocycles. The van der Waals surface area contributed by atoms with Crippen molar-refractivity contribution < 1.29 is 127 Å². The maximum atomic E-state index is 11.3. The van der Waals surface area contributed by atoms with Crippen molar-refractivity contribution in [2.75, 3.05) is 0 Å². The van der Waals surface area contributed by atoms with E-state index in [9.17, 15) is 108 Å². The Balaban J connectivity index is -0.000000240. The number of hydrogen-bond acceptors (Lipinski definition) is 6. The predicted octanol–water partition coefficient (Wildman–Crippen LogP) is 4.36. The number of alkyl halides is 18. The zero-order valence-electron chi connectivity index (χ0n) is 17.3. The Morgan fingerprint density at radius 1 is 0.275 bits per heavy atom. The van der Waals surface area contributed by atoms with Gasteiger partial charge in [0.25, 0.3) is 0 Å². The van der Waals surface area contributed by atoms with Crippen LogP contribution in [0.4, 0.5) is 79.0 Å². The molecule has 0 atom stereocenters. The van der Waals surface area contributed by atoms with Gasteiger partial charge in [-0.15, -0.1) is 0 Å². The van der Waals surface area contributed by atoms with E-state index in [0.29, 0.717) is 0 Å². The van der Waals surface area contributed by atoms with E-state index in [4.69, 9.17) is 0 Å². The Morgan fingerprint density at radius 2 is 0.350 bits per heavy atom. The topological polar surface area (TPSA) is 102 Å². The smallest absolute Gasteiger partial charge is 0.324 e. The number of halogens is 18. The van der Waals surface area contributed by atoms with Gasteiger partial charge in [0, 0.05) is 0 Å². The summed E-state index contributed by atoms with van der Waals surface area (Å²) in [7, 11) is 0. The second-order valence-electron chi connectivity index (χ2n) is 5.61. The molecule has 0 fully saturated rings. The molecular weight excluding hydrogens is 721 g/mol. The standard InChI is InChI=1S/3C5HF6O2.Rh/c3*6-4(7,8)2(12)1-3(13)5(9,10)11;/h3*1H;/q3*-1;+3. The summed E-state index contributed by atoms with van der Waals surface area (Å²) in [6.45, 7) is 0. The molecule has 0 amide bonds. The maximum absolute atomic E-state index is 11.3. The van der Waals surface area contributed by atoms with Crippen LogP contribution in [0, 0.1) is 19.3 Å². The van der Waals surface area contributed by atoms with Gasteiger partial charge in [-0.05, 0) is 0 Å². The number of carbonyl (C=O) groups excluding carboxylic acids is 6. The van der Waals surface area contributed by atoms with Crippen LogP contribution in [-0.4, -0.2) is 71.8 Å². The van der Waals surface area contributed by atoms with Crippen LogP contribution in [-0.2, 0) is 48.2 Å². The predicted molar refractivity (Wildman–Crippen MR) is 79.3 cm³/mol. The van der Waals surface area contributed by atoms with Crippen LogP contribution in [0.25, 0.3) is 0 Å². The Hall–Kier alpha value is -3.01. The first-order valence-electron chi connectivity index (χ1n) is 7.86. The molecule has 0 aromatic rings. The SMILES string of the molecule is O=C([CH-]C(=O)C(F)(F)F)C(F)(F)F.O=C([CH-]C(=O)C(F)(F)F)C(F)(F)F.O=C([CH-]C(=O)C(F)(F)F)C(F)(F)F.[Rh+3]. The van der Waals surface area contributed by atoms with Gasteiger partial charge in [0.05, 0.1) is 0 Å². The van der Waals surface area contributed by atoms with Crippen LogP contribution in [0.3, 0.4) is 0 Å². The minimum absolute atomic E-state index is 0. The molecule has 0 spiro atoms. The molecular formula is C15H3F18O6Rh. The van der Waals surface area contributed by atoms with E-state index in [0.717, 1.165) is 0 Å². The summed E-state index contributed by atoms with van der Waals surface area (Å²) in [5.74, 6) is -16.9. The summed E-state index contributed by atoms with van der Waals surface area (Å²) in [6.07, 6.45) is -35.8. The molecule has 0 radical (unpaired) electrons. The van der Waals surface area contributed by atoms with Gasteiger partial charge < -0.3 is 28.8 Å². The average molecular weight is 724 g/mol. The molecule has 234 valence electrons. The quantitative estimate of drug-likeness (QED) is 0.175. The van der Waals surface area contributed by atoms with Crippen molar-refractivity contribution in [1.29, 1.82) is 0 Å². The van der Waals surface area contributed by atoms with E-state index in [1.807, 2.05) is 0 Å². The Labute approximate surface area is 219 Å². The second-order valence-corrected chi connectivity index (χ2v) is 5.61. The third-order valence-electron chi connectivity index (χ3n) is 2.46. The molecule has 40 heavy (non-hydrogen) atoms. The van der Waals surface area contributed by atoms with Gasteiger partial charge >= 0.3 is 56.5 Å². The molecule has 0 saturated carbocycles. The van der Waals surface area contributed by atoms with Crippen molar-refractivity contribution in [2.24, 2.45) is 0 Å². The summed E-state index contributed by atoms with van der Waals surface area (Å²) >= 11 is 0. The zero-order chi connectivity index (χ0) is 32.6. The Kier molecular flexibility index (Phi) is 16.6. The van der Waals surface area contributed by atoms with E-state index in [1.54, 1.807) is 0 Å². The minimum atomic E-state index is -5.46. The van der Waals surface area contributed by atoms with Gasteiger partial charge in [-0.25, -0.2) is 19.3 Å². The van der Waals surface area contributed by atoms with Gasteiger partial charge in [0.1, 0.15) is 34.7 Å². The number of rotatable bonds is 6. The summed E-state index contributed by atoms with van der Waals surface area (Å²) in [5.41, 5.74) is 0. The third kappa shape index (κ3) is 20.0. The summed E-state index contributed by atoms with van der Waals surface area (Å²) in [4.78, 5) is 58.9. The van der Waals surface area contributed by atoms with Crippen molar-refractivity contribution in [3.05, 3.63) is 19.3 Å². The molecule has 0 aromatic carbocycles. The largest absolute Gasteiger partial charge is 3.00 e. The molecule has 6 nitrogen and oxygen atoms in total. The molecule has 0 unspecified atom stereocenters. The van der Waals surface area contributed by atoms with Crippen LogP contribution in [0.15, 0.2) is 0 Å². The van der Waals surface area contributed by atoms with Gasteiger partial charge in [-0.2, -0.15) is 79.0 Å². The van der Waals surface area contributed by atoms with Crippen LogP contribution in [0.2, 0.25) is 0 Å². The van der Waals surface area contributed by atoms with E-state index in [1.165, 1.54) is 0 Å². The Morgan fingerprint density at radius 3 is 0.400 bits per heavy atom. The molecule has 0 saturated heterocycles. The molecule has 0 aliphatic heterocycles. The fraction of sp³-hybridized carbons (Fsp3) is 0.400. The molecule has 0 bridgehead atoms. The van der Waals surface area contributed by atoms with Crippen LogP contribution < -0.4 is 0 Å². The Bertz CT molecular complexity index is 726. The molecule has 0 heterocycles. The monoisotopic (exact) mass is 724 g/mol. The van der Waals surface area contributed by atoms with E-state index in [2.05, 4.69) is 0 Å². The molecule has 0 N–H and O–H groups in total. The van der Waals surface area contributed by atoms with Crippen molar-refractivity contribution in [1.82, 2.24) is 0 Å². The van der Waals surface area contributed by atoms with Crippen molar-refractivity contribution in [2.45, 2.75) is 37.1 Å². The first-order valence-corrected chi connectivity index (χ1v) is 7.86. The average Bonchev–Trinajstić information content (AvgIpc) is 2.64. The van der Waals surface area contributed by atoms with E-state index >= 15 is 0 Å². The number of carbonyl (C=O) groups is 6. The second kappa shape index (κ2) is 15.1. The van der Waals surface area contributed by atoms with Gasteiger partial charge in [-0.3, -0.25) is 0 Å². The molecule has 0 rings (SSSR count). The summed E-state index contributed by atoms with van der Waals surface area (Å²) in [6, 6.07) is 0. The summed E-state index contributed by atoms with van der Waals surface area (Å²) < 4.78 is 203. The van der Waals surface area contributed by atoms with Crippen LogP contribution in [0.1, 0.15) is 0 Å². The third-order valence-corrected chi connectivity index (χ3v) is 2.46. The summed E-state index contributed by atoms with van der Waals surface area (Å²) in [5, 5.41) is 0. The van der Waals surface area contributed by atoms with Crippen LogP contribution in [0.5, 0.6) is 0 Å². The molecule has 25 heteroatoms. The van der Waals surface area contributed by atoms with Crippen molar-refractivity contribution in [3.8, 4) is 0 Å². The van der Waals surface area contributed by atoms with E-state index < -0.39 is 91.0 Å². The fourth-order valence-corrected chi connectivity index (χ4v) is 0.848. The fourth-order valence-electron chi connectivity index (χ4n) is 0.848. The number of ketones is 6. The van der Waals surface area contributed by atoms with Gasteiger partial charge in [0.2, 0.25) is 0 Å². The van der Waals surface area contributed by atoms with Crippen molar-refractivity contribution >= 4 is 34.7 Å². The first kappa shape index (κ1) is 44.0. The number of Topliss-reactive ketones (excluding diaryl/α,β-unsaturated/α-hetero) is 6. The van der Waals surface area contributed by atoms with E-state index in [-0.39, 0.29) is 19.5 Å². The van der Waals surface area contributed by atoms with Crippen LogP contribution >= 0.6 is 0 Å². The van der Waals surface area contributed by atoms with Gasteiger partial charge in [0.15, 0.2) is 0 Å². The zero-order valence-corrected chi connectivity index (χ0v) is 19.0. The van der Waals surface area contributed by atoms with Crippen molar-refractivity contribution in [3.63, 3.8) is 0 Å². The number of hydrogen-bond donors (Lipinski definition) is 0. The normalized spacial score (nSPS) is 12.2. The minimum Gasteiger partial charge on any atom is -0.324 e. The molecule has 0 aromatic heterocycles. The maximum Gasteiger partial charge on any atom is 3.00 e. The van der Waals surface area contributed by atoms with Gasteiger partial charge in [-0.1, -0.05) is 0 Å². The first-order chi connectivity index (χ1) is 16.6. The molecule has 0 aliphatic rings.